The topological polar surface area (TPSA) is 27.1 Å². The largest absolute Gasteiger partial charge is 0.376 e. The van der Waals surface area contributed by atoms with E-state index in [1.54, 1.807) is 6.20 Å². The van der Waals surface area contributed by atoms with Crippen LogP contribution in [-0.2, 0) is 11.3 Å². The van der Waals surface area contributed by atoms with Crippen LogP contribution in [0.15, 0.2) is 18.7 Å². The van der Waals surface area contributed by atoms with Crippen molar-refractivity contribution in [1.29, 1.82) is 0 Å². The van der Waals surface area contributed by atoms with Gasteiger partial charge in [0.25, 0.3) is 0 Å². The Kier molecular flexibility index (Phi) is 1.43. The lowest BCUT2D eigenvalue weighted by atomic mass is 10.2. The summed E-state index contributed by atoms with van der Waals surface area (Å²) in [5, 5.41) is 0. The van der Waals surface area contributed by atoms with E-state index in [0.29, 0.717) is 6.10 Å². The summed E-state index contributed by atoms with van der Waals surface area (Å²) in [6, 6.07) is 0. The maximum Gasteiger partial charge on any atom is 0.0946 e. The monoisotopic (exact) mass is 138 g/mol. The molecule has 1 atom stereocenters. The van der Waals surface area contributed by atoms with Crippen LogP contribution in [0.5, 0.6) is 0 Å². The number of imidazole rings is 1. The summed E-state index contributed by atoms with van der Waals surface area (Å²) >= 11 is 0. The zero-order valence-electron chi connectivity index (χ0n) is 5.73. The minimum atomic E-state index is 0.439. The first-order valence-corrected chi connectivity index (χ1v) is 3.52. The van der Waals surface area contributed by atoms with Crippen LogP contribution in [0, 0.1) is 0 Å². The summed E-state index contributed by atoms with van der Waals surface area (Å²) < 4.78 is 7.30. The average molecular weight is 138 g/mol. The quantitative estimate of drug-likeness (QED) is 0.600. The standard InChI is InChI=1S/C7H10N2O/c1-4-10-7(1)5-9-3-2-8-6-9/h2-3,6-7H,1,4-5H2. The van der Waals surface area contributed by atoms with Gasteiger partial charge in [-0.3, -0.25) is 0 Å². The van der Waals surface area contributed by atoms with Crippen molar-refractivity contribution in [3.05, 3.63) is 18.7 Å². The molecule has 0 N–H and O–H groups in total. The van der Waals surface area contributed by atoms with Gasteiger partial charge in [0.05, 0.1) is 12.4 Å². The lowest BCUT2D eigenvalue weighted by Crippen LogP contribution is -2.30. The van der Waals surface area contributed by atoms with Crippen molar-refractivity contribution in [3.8, 4) is 0 Å². The lowest BCUT2D eigenvalue weighted by molar-refractivity contribution is -0.0592. The molecule has 1 unspecified atom stereocenters. The van der Waals surface area contributed by atoms with Crippen LogP contribution in [-0.4, -0.2) is 22.3 Å². The van der Waals surface area contributed by atoms with Crippen molar-refractivity contribution < 1.29 is 4.74 Å². The van der Waals surface area contributed by atoms with E-state index < -0.39 is 0 Å². The predicted molar refractivity (Wildman–Crippen MR) is 36.6 cm³/mol. The summed E-state index contributed by atoms with van der Waals surface area (Å²) in [5.74, 6) is 0. The van der Waals surface area contributed by atoms with E-state index in [0.717, 1.165) is 13.2 Å². The SMILES string of the molecule is c1cn(CC2CCO2)cn1. The molecule has 3 nitrogen and oxygen atoms in total. The number of hydrogen-bond acceptors (Lipinski definition) is 2. The summed E-state index contributed by atoms with van der Waals surface area (Å²) in [4.78, 5) is 3.94. The van der Waals surface area contributed by atoms with E-state index in [1.165, 1.54) is 6.42 Å². The Labute approximate surface area is 59.6 Å². The van der Waals surface area contributed by atoms with E-state index in [9.17, 15) is 0 Å². The first kappa shape index (κ1) is 5.92. The molecule has 0 radical (unpaired) electrons. The number of nitrogens with zero attached hydrogens (tertiary/aromatic N) is 2. The normalized spacial score (nSPS) is 24.2. The summed E-state index contributed by atoms with van der Waals surface area (Å²) in [5.41, 5.74) is 0. The third-order valence-corrected chi connectivity index (χ3v) is 1.77. The first-order valence-electron chi connectivity index (χ1n) is 3.52. The number of hydrogen-bond donors (Lipinski definition) is 0. The van der Waals surface area contributed by atoms with Gasteiger partial charge in [-0.15, -0.1) is 0 Å². The fourth-order valence-corrected chi connectivity index (χ4v) is 1.06. The molecule has 1 aliphatic rings. The van der Waals surface area contributed by atoms with Crippen molar-refractivity contribution in [2.45, 2.75) is 19.1 Å². The van der Waals surface area contributed by atoms with Gasteiger partial charge >= 0.3 is 0 Å². The van der Waals surface area contributed by atoms with Gasteiger partial charge in [-0.25, -0.2) is 4.98 Å². The van der Waals surface area contributed by atoms with E-state index in [1.807, 2.05) is 17.1 Å². The lowest BCUT2D eigenvalue weighted by Gasteiger charge is -2.26. The molecule has 0 spiro atoms. The van der Waals surface area contributed by atoms with E-state index in [2.05, 4.69) is 4.98 Å². The Morgan fingerprint density at radius 2 is 2.60 bits per heavy atom. The Morgan fingerprint density at radius 3 is 3.10 bits per heavy atom. The molecule has 3 heteroatoms. The first-order chi connectivity index (χ1) is 4.95. The molecule has 2 rings (SSSR count). The third kappa shape index (κ3) is 1.04. The maximum absolute atomic E-state index is 5.26. The molecule has 1 aromatic rings. The number of rotatable bonds is 2. The molecule has 2 heterocycles. The van der Waals surface area contributed by atoms with Gasteiger partial charge in [-0.1, -0.05) is 0 Å². The van der Waals surface area contributed by atoms with Gasteiger partial charge in [0, 0.05) is 25.5 Å². The number of aromatic nitrogens is 2. The van der Waals surface area contributed by atoms with Crippen molar-refractivity contribution in [2.24, 2.45) is 0 Å². The molecule has 1 aliphatic heterocycles. The number of ether oxygens (including phenoxy) is 1. The zero-order valence-corrected chi connectivity index (χ0v) is 5.73. The Morgan fingerprint density at radius 1 is 1.70 bits per heavy atom. The Hall–Kier alpha value is -0.830. The average Bonchev–Trinajstić information content (AvgIpc) is 2.29. The molecule has 54 valence electrons. The second kappa shape index (κ2) is 2.42. The second-order valence-corrected chi connectivity index (χ2v) is 2.54. The summed E-state index contributed by atoms with van der Waals surface area (Å²) in [6.07, 6.45) is 7.20. The van der Waals surface area contributed by atoms with Gasteiger partial charge < -0.3 is 9.30 Å². The van der Waals surface area contributed by atoms with E-state index >= 15 is 0 Å². The highest BCUT2D eigenvalue weighted by molar-refractivity contribution is 4.77. The Bertz CT molecular complexity index is 191. The van der Waals surface area contributed by atoms with Crippen LogP contribution >= 0.6 is 0 Å². The smallest absolute Gasteiger partial charge is 0.0946 e. The van der Waals surface area contributed by atoms with Crippen LogP contribution in [0.2, 0.25) is 0 Å². The molecular formula is C7H10N2O. The van der Waals surface area contributed by atoms with Crippen LogP contribution in [0.1, 0.15) is 6.42 Å². The zero-order chi connectivity index (χ0) is 6.81. The van der Waals surface area contributed by atoms with Gasteiger partial charge in [-0.05, 0) is 6.42 Å². The van der Waals surface area contributed by atoms with Gasteiger partial charge in [-0.2, -0.15) is 0 Å². The fraction of sp³-hybridized carbons (Fsp3) is 0.571. The molecule has 10 heavy (non-hydrogen) atoms. The third-order valence-electron chi connectivity index (χ3n) is 1.77. The van der Waals surface area contributed by atoms with Gasteiger partial charge in [0.1, 0.15) is 0 Å². The summed E-state index contributed by atoms with van der Waals surface area (Å²) in [6.45, 7) is 1.89. The molecule has 1 fully saturated rings. The molecule has 0 aromatic carbocycles. The molecular weight excluding hydrogens is 128 g/mol. The second-order valence-electron chi connectivity index (χ2n) is 2.54. The van der Waals surface area contributed by atoms with Crippen LogP contribution in [0.25, 0.3) is 0 Å². The van der Waals surface area contributed by atoms with Crippen molar-refractivity contribution in [2.75, 3.05) is 6.61 Å². The Balaban J connectivity index is 1.90. The minimum Gasteiger partial charge on any atom is -0.376 e. The molecule has 1 aromatic heterocycles. The molecule has 0 saturated carbocycles. The van der Waals surface area contributed by atoms with Crippen LogP contribution in [0.4, 0.5) is 0 Å². The minimum absolute atomic E-state index is 0.439. The fourth-order valence-electron chi connectivity index (χ4n) is 1.06. The molecule has 1 saturated heterocycles. The van der Waals surface area contributed by atoms with Gasteiger partial charge in [0.15, 0.2) is 0 Å². The van der Waals surface area contributed by atoms with Crippen LogP contribution < -0.4 is 0 Å². The van der Waals surface area contributed by atoms with Crippen molar-refractivity contribution in [1.82, 2.24) is 9.55 Å². The summed E-state index contributed by atoms with van der Waals surface area (Å²) in [7, 11) is 0. The van der Waals surface area contributed by atoms with Crippen LogP contribution in [0.3, 0.4) is 0 Å². The highest BCUT2D eigenvalue weighted by Crippen LogP contribution is 2.12. The van der Waals surface area contributed by atoms with Gasteiger partial charge in [0.2, 0.25) is 0 Å². The predicted octanol–water partition coefficient (Wildman–Crippen LogP) is 0.672. The van der Waals surface area contributed by atoms with Crippen molar-refractivity contribution >= 4 is 0 Å². The van der Waals surface area contributed by atoms with E-state index in [4.69, 9.17) is 4.74 Å². The molecule has 0 aliphatic carbocycles. The van der Waals surface area contributed by atoms with E-state index in [-0.39, 0.29) is 0 Å². The highest BCUT2D eigenvalue weighted by atomic mass is 16.5. The highest BCUT2D eigenvalue weighted by Gasteiger charge is 2.17. The van der Waals surface area contributed by atoms with Crippen molar-refractivity contribution in [3.63, 3.8) is 0 Å². The maximum atomic E-state index is 5.26. The molecule has 0 bridgehead atoms. The molecule has 0 amide bonds.